The summed E-state index contributed by atoms with van der Waals surface area (Å²) in [6.07, 6.45) is 9.44. The quantitative estimate of drug-likeness (QED) is 0.906. The van der Waals surface area contributed by atoms with Crippen LogP contribution < -0.4 is 10.5 Å². The van der Waals surface area contributed by atoms with E-state index in [2.05, 4.69) is 15.0 Å². The highest BCUT2D eigenvalue weighted by molar-refractivity contribution is 5.78. The Bertz CT molecular complexity index is 589. The molecule has 0 aromatic carbocycles. The Morgan fingerprint density at radius 3 is 2.90 bits per heavy atom. The predicted molar refractivity (Wildman–Crippen MR) is 77.5 cm³/mol. The first-order valence-corrected chi connectivity index (χ1v) is 7.30. The third-order valence-electron chi connectivity index (χ3n) is 4.19. The summed E-state index contributed by atoms with van der Waals surface area (Å²) in [5, 5.41) is 0. The summed E-state index contributed by atoms with van der Waals surface area (Å²) >= 11 is 0. The number of nitrogens with zero attached hydrogens (tertiary/aromatic N) is 4. The number of methoxy groups -OCH3 is 1. The van der Waals surface area contributed by atoms with Crippen molar-refractivity contribution in [1.82, 2.24) is 19.5 Å². The zero-order chi connectivity index (χ0) is 13.9. The second-order valence-electron chi connectivity index (χ2n) is 5.47. The number of nitrogen functional groups attached to an aromatic ring is 1. The molecule has 2 heterocycles. The molecule has 0 atom stereocenters. The first kappa shape index (κ1) is 13.1. The van der Waals surface area contributed by atoms with Crippen molar-refractivity contribution in [3.05, 3.63) is 6.33 Å². The van der Waals surface area contributed by atoms with E-state index < -0.39 is 0 Å². The van der Waals surface area contributed by atoms with Crippen LogP contribution in [0.5, 0.6) is 5.88 Å². The SMILES string of the molecule is COc1ncnc2c1nc(N)n2CCCC1CCCC1. The van der Waals surface area contributed by atoms with Gasteiger partial charge in [-0.1, -0.05) is 25.7 Å². The van der Waals surface area contributed by atoms with Crippen molar-refractivity contribution in [3.63, 3.8) is 0 Å². The lowest BCUT2D eigenvalue weighted by Gasteiger charge is -2.10. The maximum atomic E-state index is 6.00. The summed E-state index contributed by atoms with van der Waals surface area (Å²) in [4.78, 5) is 12.7. The van der Waals surface area contributed by atoms with Gasteiger partial charge in [0.2, 0.25) is 11.8 Å². The van der Waals surface area contributed by atoms with Crippen molar-refractivity contribution in [1.29, 1.82) is 0 Å². The van der Waals surface area contributed by atoms with Crippen LogP contribution in [0, 0.1) is 5.92 Å². The van der Waals surface area contributed by atoms with Crippen molar-refractivity contribution in [2.24, 2.45) is 5.92 Å². The third-order valence-corrected chi connectivity index (χ3v) is 4.19. The summed E-state index contributed by atoms with van der Waals surface area (Å²) in [5.74, 6) is 1.87. The smallest absolute Gasteiger partial charge is 0.245 e. The molecule has 0 bridgehead atoms. The Kier molecular flexibility index (Phi) is 3.71. The fourth-order valence-electron chi connectivity index (χ4n) is 3.14. The first-order valence-electron chi connectivity index (χ1n) is 7.30. The number of aromatic nitrogens is 4. The molecule has 1 aliphatic rings. The van der Waals surface area contributed by atoms with E-state index in [9.17, 15) is 0 Å². The minimum absolute atomic E-state index is 0.483. The molecule has 3 rings (SSSR count). The topological polar surface area (TPSA) is 78.8 Å². The molecule has 108 valence electrons. The highest BCUT2D eigenvalue weighted by Crippen LogP contribution is 2.29. The van der Waals surface area contributed by atoms with Crippen LogP contribution in [0.25, 0.3) is 11.2 Å². The van der Waals surface area contributed by atoms with Gasteiger partial charge in [0.25, 0.3) is 0 Å². The monoisotopic (exact) mass is 275 g/mol. The summed E-state index contributed by atoms with van der Waals surface area (Å²) < 4.78 is 7.17. The van der Waals surface area contributed by atoms with Gasteiger partial charge in [0.1, 0.15) is 6.33 Å². The first-order chi connectivity index (χ1) is 9.79. The molecule has 1 aliphatic carbocycles. The van der Waals surface area contributed by atoms with Gasteiger partial charge < -0.3 is 10.5 Å². The molecule has 0 spiro atoms. The summed E-state index contributed by atoms with van der Waals surface area (Å²) in [6, 6.07) is 0. The predicted octanol–water partition coefficient (Wildman–Crippen LogP) is 2.39. The molecule has 0 unspecified atom stereocenters. The molecule has 0 amide bonds. The average Bonchev–Trinajstić information content (AvgIpc) is 3.07. The Morgan fingerprint density at radius 2 is 2.15 bits per heavy atom. The van der Waals surface area contributed by atoms with Crippen LogP contribution in [-0.2, 0) is 6.54 Å². The van der Waals surface area contributed by atoms with E-state index in [1.807, 2.05) is 4.57 Å². The Balaban J connectivity index is 1.75. The van der Waals surface area contributed by atoms with Gasteiger partial charge in [-0.05, 0) is 18.8 Å². The molecular formula is C14H21N5O. The molecular weight excluding hydrogens is 254 g/mol. The molecule has 6 heteroatoms. The van der Waals surface area contributed by atoms with Gasteiger partial charge in [-0.25, -0.2) is 9.97 Å². The maximum absolute atomic E-state index is 6.00. The lowest BCUT2D eigenvalue weighted by molar-refractivity contribution is 0.401. The Hall–Kier alpha value is -1.85. The van der Waals surface area contributed by atoms with Gasteiger partial charge in [0.05, 0.1) is 7.11 Å². The van der Waals surface area contributed by atoms with Crippen molar-refractivity contribution >= 4 is 17.1 Å². The summed E-state index contributed by atoms with van der Waals surface area (Å²) in [6.45, 7) is 0.860. The molecule has 2 aromatic rings. The lowest BCUT2D eigenvalue weighted by atomic mass is 10.0. The highest BCUT2D eigenvalue weighted by Gasteiger charge is 2.17. The molecule has 0 radical (unpaired) electrons. The van der Waals surface area contributed by atoms with E-state index in [-0.39, 0.29) is 0 Å². The lowest BCUT2D eigenvalue weighted by Crippen LogP contribution is -2.06. The molecule has 1 fully saturated rings. The Labute approximate surface area is 118 Å². The zero-order valence-corrected chi connectivity index (χ0v) is 11.9. The minimum atomic E-state index is 0.483. The number of rotatable bonds is 5. The average molecular weight is 275 g/mol. The van der Waals surface area contributed by atoms with Crippen LogP contribution in [0.4, 0.5) is 5.95 Å². The standard InChI is InChI=1S/C14H21N5O/c1-20-13-11-12(16-9-17-13)19(14(15)18-11)8-4-7-10-5-2-3-6-10/h9-10H,2-8H2,1H3,(H2,15,18). The largest absolute Gasteiger partial charge is 0.479 e. The van der Waals surface area contributed by atoms with Crippen molar-refractivity contribution in [3.8, 4) is 5.88 Å². The van der Waals surface area contributed by atoms with E-state index in [0.717, 1.165) is 24.5 Å². The highest BCUT2D eigenvalue weighted by atomic mass is 16.5. The number of hydrogen-bond acceptors (Lipinski definition) is 5. The third kappa shape index (κ3) is 2.42. The van der Waals surface area contributed by atoms with Crippen LogP contribution in [-0.4, -0.2) is 26.6 Å². The molecule has 20 heavy (non-hydrogen) atoms. The van der Waals surface area contributed by atoms with E-state index in [0.29, 0.717) is 17.3 Å². The number of hydrogen-bond donors (Lipinski definition) is 1. The van der Waals surface area contributed by atoms with Gasteiger partial charge in [0.15, 0.2) is 11.2 Å². The molecule has 0 aliphatic heterocycles. The fraction of sp³-hybridized carbons (Fsp3) is 0.643. The van der Waals surface area contributed by atoms with Gasteiger partial charge in [-0.2, -0.15) is 4.98 Å². The number of nitrogens with two attached hydrogens (primary N) is 1. The molecule has 0 saturated heterocycles. The van der Waals surface area contributed by atoms with Gasteiger partial charge >= 0.3 is 0 Å². The van der Waals surface area contributed by atoms with Crippen molar-refractivity contribution in [2.75, 3.05) is 12.8 Å². The van der Waals surface area contributed by atoms with E-state index >= 15 is 0 Å². The fourth-order valence-corrected chi connectivity index (χ4v) is 3.14. The van der Waals surface area contributed by atoms with Crippen LogP contribution in [0.1, 0.15) is 38.5 Å². The van der Waals surface area contributed by atoms with Crippen LogP contribution >= 0.6 is 0 Å². The van der Waals surface area contributed by atoms with E-state index in [1.54, 1.807) is 7.11 Å². The molecule has 2 aromatic heterocycles. The molecule has 2 N–H and O–H groups in total. The molecule has 1 saturated carbocycles. The summed E-state index contributed by atoms with van der Waals surface area (Å²) in [7, 11) is 1.58. The second kappa shape index (κ2) is 5.64. The van der Waals surface area contributed by atoms with Crippen LogP contribution in [0.2, 0.25) is 0 Å². The second-order valence-corrected chi connectivity index (χ2v) is 5.47. The number of anilines is 1. The van der Waals surface area contributed by atoms with E-state index in [1.165, 1.54) is 38.4 Å². The van der Waals surface area contributed by atoms with Gasteiger partial charge in [0, 0.05) is 6.54 Å². The molecule has 6 nitrogen and oxygen atoms in total. The van der Waals surface area contributed by atoms with Gasteiger partial charge in [-0.3, -0.25) is 4.57 Å². The number of aryl methyl sites for hydroxylation is 1. The number of ether oxygens (including phenoxy) is 1. The van der Waals surface area contributed by atoms with E-state index in [4.69, 9.17) is 10.5 Å². The van der Waals surface area contributed by atoms with Crippen molar-refractivity contribution < 1.29 is 4.74 Å². The van der Waals surface area contributed by atoms with Gasteiger partial charge in [-0.15, -0.1) is 0 Å². The maximum Gasteiger partial charge on any atom is 0.245 e. The zero-order valence-electron chi connectivity index (χ0n) is 11.9. The van der Waals surface area contributed by atoms with Crippen LogP contribution in [0.3, 0.4) is 0 Å². The van der Waals surface area contributed by atoms with Crippen LogP contribution in [0.15, 0.2) is 6.33 Å². The summed E-state index contributed by atoms with van der Waals surface area (Å²) in [5.41, 5.74) is 7.41. The normalized spacial score (nSPS) is 16.1. The number of imidazole rings is 1. The Morgan fingerprint density at radius 1 is 1.35 bits per heavy atom. The minimum Gasteiger partial charge on any atom is -0.479 e. The number of fused-ring (bicyclic) bond motifs is 1. The van der Waals surface area contributed by atoms with Crippen molar-refractivity contribution in [2.45, 2.75) is 45.1 Å².